The first-order valence-corrected chi connectivity index (χ1v) is 11.0. The molecule has 2 saturated carbocycles. The first-order valence-electron chi connectivity index (χ1n) is 9.29. The van der Waals surface area contributed by atoms with Crippen molar-refractivity contribution in [3.05, 3.63) is 11.1 Å². The molecule has 2 heterocycles. The molecule has 1 aliphatic heterocycles. The molecule has 3 fully saturated rings. The van der Waals surface area contributed by atoms with Gasteiger partial charge in [-0.05, 0) is 70.4 Å². The van der Waals surface area contributed by atoms with Crippen LogP contribution in [0.15, 0.2) is 9.72 Å². The predicted molar refractivity (Wildman–Crippen MR) is 99.5 cm³/mol. The molecule has 3 aliphatic rings. The van der Waals surface area contributed by atoms with Crippen LogP contribution >= 0.6 is 23.1 Å². The van der Waals surface area contributed by atoms with E-state index >= 15 is 0 Å². The second-order valence-electron chi connectivity index (χ2n) is 7.61. The molecular formula is C18H27N3OS2. The number of nitrogens with zero attached hydrogens (tertiary/aromatic N) is 1. The third-order valence-corrected chi connectivity index (χ3v) is 8.40. The van der Waals surface area contributed by atoms with Crippen molar-refractivity contribution in [2.45, 2.75) is 61.1 Å². The number of nitrogens with one attached hydrogen (secondary N) is 2. The van der Waals surface area contributed by atoms with E-state index in [-0.39, 0.29) is 5.92 Å². The molecule has 0 spiro atoms. The highest BCUT2D eigenvalue weighted by Gasteiger charge is 2.46. The van der Waals surface area contributed by atoms with Gasteiger partial charge in [-0.1, -0.05) is 11.8 Å². The molecule has 6 heteroatoms. The monoisotopic (exact) mass is 365 g/mol. The fourth-order valence-electron chi connectivity index (χ4n) is 4.47. The maximum Gasteiger partial charge on any atom is 0.223 e. The van der Waals surface area contributed by atoms with Gasteiger partial charge < -0.3 is 10.6 Å². The summed E-state index contributed by atoms with van der Waals surface area (Å²) in [6.07, 6.45) is 6.98. The van der Waals surface area contributed by atoms with Crippen molar-refractivity contribution in [2.75, 3.05) is 13.1 Å². The molecule has 0 radical (unpaired) electrons. The molecule has 24 heavy (non-hydrogen) atoms. The second-order valence-corrected chi connectivity index (χ2v) is 10.0. The lowest BCUT2D eigenvalue weighted by Crippen LogP contribution is -2.55. The van der Waals surface area contributed by atoms with Gasteiger partial charge in [0.25, 0.3) is 0 Å². The van der Waals surface area contributed by atoms with Crippen LogP contribution in [0.5, 0.6) is 0 Å². The van der Waals surface area contributed by atoms with Crippen molar-refractivity contribution >= 4 is 29.0 Å². The molecule has 4 nitrogen and oxygen atoms in total. The number of thiazole rings is 1. The van der Waals surface area contributed by atoms with Crippen LogP contribution in [0.4, 0.5) is 0 Å². The summed E-state index contributed by atoms with van der Waals surface area (Å²) in [7, 11) is 0. The lowest BCUT2D eigenvalue weighted by Gasteiger charge is -2.47. The highest BCUT2D eigenvalue weighted by atomic mass is 32.2. The zero-order chi connectivity index (χ0) is 16.5. The summed E-state index contributed by atoms with van der Waals surface area (Å²) < 4.78 is 1.20. The molecular weight excluding hydrogens is 338 g/mol. The largest absolute Gasteiger partial charge is 0.353 e. The van der Waals surface area contributed by atoms with Gasteiger partial charge in [-0.3, -0.25) is 4.79 Å². The normalized spacial score (nSPS) is 35.8. The Kier molecular flexibility index (Phi) is 5.16. The van der Waals surface area contributed by atoms with Gasteiger partial charge in [0, 0.05) is 28.3 Å². The molecule has 1 aromatic rings. The summed E-state index contributed by atoms with van der Waals surface area (Å²) in [5.41, 5.74) is 1.12. The van der Waals surface area contributed by atoms with Crippen molar-refractivity contribution in [3.63, 3.8) is 0 Å². The van der Waals surface area contributed by atoms with Gasteiger partial charge in [0.2, 0.25) is 5.91 Å². The summed E-state index contributed by atoms with van der Waals surface area (Å²) in [6, 6.07) is 0.392. The van der Waals surface area contributed by atoms with Gasteiger partial charge >= 0.3 is 0 Å². The van der Waals surface area contributed by atoms with Gasteiger partial charge in [-0.15, -0.1) is 11.3 Å². The van der Waals surface area contributed by atoms with Crippen LogP contribution in [0.2, 0.25) is 0 Å². The maximum atomic E-state index is 12.6. The van der Waals surface area contributed by atoms with Crippen LogP contribution in [0.1, 0.15) is 44.2 Å². The van der Waals surface area contributed by atoms with Gasteiger partial charge in [-0.2, -0.15) is 0 Å². The van der Waals surface area contributed by atoms with Crippen molar-refractivity contribution in [1.29, 1.82) is 0 Å². The number of hydrogen-bond acceptors (Lipinski definition) is 5. The molecule has 1 amide bonds. The highest BCUT2D eigenvalue weighted by Crippen LogP contribution is 2.44. The lowest BCUT2D eigenvalue weighted by atomic mass is 9.61. The number of carbonyl (C=O) groups is 1. The number of hydrogen-bond donors (Lipinski definition) is 2. The molecule has 4 rings (SSSR count). The minimum absolute atomic E-state index is 0.271. The number of fused-ring (bicyclic) bond motifs is 1. The fraction of sp³-hybridized carbons (Fsp3) is 0.778. The fourth-order valence-corrected chi connectivity index (χ4v) is 6.75. The zero-order valence-corrected chi connectivity index (χ0v) is 15.9. The van der Waals surface area contributed by atoms with Gasteiger partial charge in [-0.25, -0.2) is 4.98 Å². The Morgan fingerprint density at radius 3 is 2.88 bits per heavy atom. The molecule has 0 aromatic carbocycles. The van der Waals surface area contributed by atoms with Crippen molar-refractivity contribution < 1.29 is 4.79 Å². The predicted octanol–water partition coefficient (Wildman–Crippen LogP) is 3.22. The summed E-state index contributed by atoms with van der Waals surface area (Å²) in [4.78, 5) is 17.1. The average Bonchev–Trinajstić information content (AvgIpc) is 2.95. The summed E-state index contributed by atoms with van der Waals surface area (Å²) in [5.74, 6) is 1.99. The van der Waals surface area contributed by atoms with Crippen LogP contribution in [-0.2, 0) is 4.79 Å². The van der Waals surface area contributed by atoms with E-state index < -0.39 is 0 Å². The first-order chi connectivity index (χ1) is 11.7. The van der Waals surface area contributed by atoms with E-state index in [1.54, 1.807) is 11.3 Å². The van der Waals surface area contributed by atoms with E-state index in [1.807, 2.05) is 11.8 Å². The molecule has 132 valence electrons. The Morgan fingerprint density at radius 1 is 1.33 bits per heavy atom. The Bertz CT molecular complexity index is 583. The molecule has 1 saturated heterocycles. The summed E-state index contributed by atoms with van der Waals surface area (Å²) in [6.45, 7) is 4.23. The van der Waals surface area contributed by atoms with Gasteiger partial charge in [0.1, 0.15) is 4.34 Å². The van der Waals surface area contributed by atoms with Crippen LogP contribution in [-0.4, -0.2) is 35.3 Å². The molecule has 0 unspecified atom stereocenters. The number of aromatic nitrogens is 1. The zero-order valence-electron chi connectivity index (χ0n) is 14.3. The molecule has 0 bridgehead atoms. The smallest absolute Gasteiger partial charge is 0.223 e. The van der Waals surface area contributed by atoms with E-state index in [1.165, 1.54) is 23.6 Å². The van der Waals surface area contributed by atoms with Crippen molar-refractivity contribution in [2.24, 2.45) is 17.8 Å². The molecule has 2 N–H and O–H groups in total. The highest BCUT2D eigenvalue weighted by molar-refractivity contribution is 8.01. The van der Waals surface area contributed by atoms with Crippen LogP contribution in [0.25, 0.3) is 0 Å². The standard InChI is InChI=1S/C18H27N3OS2/c1-11-10-23-18(20-11)24-14-4-2-13(3-5-14)21-17(22)15-8-12-6-7-19-9-16(12)15/h10,12-16,19H,2-9H2,1H3,(H,21,22)/t12-,13?,14?,15-,16-/m1/s1. The number of amides is 1. The lowest BCUT2D eigenvalue weighted by molar-refractivity contribution is -0.135. The third-order valence-electron chi connectivity index (χ3n) is 5.97. The van der Waals surface area contributed by atoms with E-state index in [0.29, 0.717) is 23.1 Å². The minimum atomic E-state index is 0.271. The topological polar surface area (TPSA) is 54.0 Å². The Morgan fingerprint density at radius 2 is 2.17 bits per heavy atom. The van der Waals surface area contributed by atoms with Crippen LogP contribution in [0.3, 0.4) is 0 Å². The van der Waals surface area contributed by atoms with Crippen LogP contribution in [0, 0.1) is 24.7 Å². The quantitative estimate of drug-likeness (QED) is 0.860. The van der Waals surface area contributed by atoms with Crippen molar-refractivity contribution in [3.8, 4) is 0 Å². The number of thioether (sulfide) groups is 1. The molecule has 1 aromatic heterocycles. The SMILES string of the molecule is Cc1csc(SC2CCC(NC(=O)[C@@H]3C[C@H]4CCNC[C@H]43)CC2)n1. The number of carbonyl (C=O) groups excluding carboxylic acids is 1. The van der Waals surface area contributed by atoms with E-state index in [2.05, 4.69) is 27.9 Å². The Balaban J connectivity index is 1.21. The number of piperidine rings is 1. The summed E-state index contributed by atoms with van der Waals surface area (Å²) >= 11 is 3.69. The minimum Gasteiger partial charge on any atom is -0.353 e. The maximum absolute atomic E-state index is 12.6. The average molecular weight is 366 g/mol. The molecule has 2 aliphatic carbocycles. The van der Waals surface area contributed by atoms with E-state index in [0.717, 1.165) is 44.0 Å². The first kappa shape index (κ1) is 16.9. The second kappa shape index (κ2) is 7.34. The summed E-state index contributed by atoms with van der Waals surface area (Å²) in [5, 5.41) is 9.59. The van der Waals surface area contributed by atoms with E-state index in [9.17, 15) is 4.79 Å². The van der Waals surface area contributed by atoms with Crippen molar-refractivity contribution in [1.82, 2.24) is 15.6 Å². The van der Waals surface area contributed by atoms with Gasteiger partial charge in [0.15, 0.2) is 0 Å². The Hall–Kier alpha value is -0.590. The molecule has 3 atom stereocenters. The Labute approximate surface area is 152 Å². The third kappa shape index (κ3) is 3.65. The van der Waals surface area contributed by atoms with Gasteiger partial charge in [0.05, 0.1) is 0 Å². The number of rotatable bonds is 4. The number of aryl methyl sites for hydroxylation is 1. The van der Waals surface area contributed by atoms with E-state index in [4.69, 9.17) is 0 Å². The van der Waals surface area contributed by atoms with Crippen LogP contribution < -0.4 is 10.6 Å².